The van der Waals surface area contributed by atoms with Crippen molar-refractivity contribution in [2.45, 2.75) is 12.5 Å². The molecule has 1 aliphatic heterocycles. The van der Waals surface area contributed by atoms with Crippen LogP contribution in [0.1, 0.15) is 6.42 Å². The van der Waals surface area contributed by atoms with Crippen LogP contribution in [0.25, 0.3) is 0 Å². The van der Waals surface area contributed by atoms with Crippen molar-refractivity contribution in [1.82, 2.24) is 5.32 Å². The van der Waals surface area contributed by atoms with Crippen LogP contribution < -0.4 is 10.1 Å². The lowest BCUT2D eigenvalue weighted by Gasteiger charge is -2.12. The van der Waals surface area contributed by atoms with Crippen molar-refractivity contribution in [3.05, 3.63) is 29.3 Å². The van der Waals surface area contributed by atoms with Crippen LogP contribution in [0.5, 0.6) is 5.75 Å². The lowest BCUT2D eigenvalue weighted by molar-refractivity contribution is 0.223. The Hall–Kier alpha value is -0.730. The van der Waals surface area contributed by atoms with E-state index in [-0.39, 0.29) is 6.10 Å². The van der Waals surface area contributed by atoms with E-state index in [0.717, 1.165) is 25.3 Å². The van der Waals surface area contributed by atoms with Gasteiger partial charge in [0.05, 0.1) is 11.6 Å². The highest BCUT2D eigenvalue weighted by molar-refractivity contribution is 6.32. The lowest BCUT2D eigenvalue weighted by atomic mass is 10.3. The first-order valence-electron chi connectivity index (χ1n) is 4.41. The van der Waals surface area contributed by atoms with Crippen molar-refractivity contribution in [3.8, 4) is 5.75 Å². The predicted octanol–water partition coefficient (Wildman–Crippen LogP) is 2.10. The van der Waals surface area contributed by atoms with Crippen LogP contribution in [0.3, 0.4) is 0 Å². The highest BCUT2D eigenvalue weighted by Crippen LogP contribution is 2.25. The highest BCUT2D eigenvalue weighted by atomic mass is 35.5. The molecule has 2 rings (SSSR count). The van der Waals surface area contributed by atoms with E-state index in [2.05, 4.69) is 5.32 Å². The fraction of sp³-hybridized carbons (Fsp3) is 0.400. The number of hydrogen-bond donors (Lipinski definition) is 0. The van der Waals surface area contributed by atoms with Crippen molar-refractivity contribution in [2.24, 2.45) is 0 Å². The van der Waals surface area contributed by atoms with E-state index >= 15 is 0 Å². The van der Waals surface area contributed by atoms with Crippen molar-refractivity contribution < 1.29 is 4.74 Å². The van der Waals surface area contributed by atoms with Crippen LogP contribution >= 0.6 is 11.6 Å². The molecule has 1 aromatic rings. The predicted molar refractivity (Wildman–Crippen MR) is 52.4 cm³/mol. The molecule has 1 saturated heterocycles. The Labute approximate surface area is 82.9 Å². The first-order valence-corrected chi connectivity index (χ1v) is 4.78. The maximum atomic E-state index is 5.95. The van der Waals surface area contributed by atoms with Gasteiger partial charge < -0.3 is 4.74 Å². The summed E-state index contributed by atoms with van der Waals surface area (Å²) in [6, 6.07) is 7.55. The van der Waals surface area contributed by atoms with Crippen LogP contribution in [0.2, 0.25) is 5.02 Å². The third kappa shape index (κ3) is 2.14. The Balaban J connectivity index is 2.04. The number of hydrogen-bond acceptors (Lipinski definition) is 1. The summed E-state index contributed by atoms with van der Waals surface area (Å²) >= 11 is 5.95. The summed E-state index contributed by atoms with van der Waals surface area (Å²) in [5.74, 6) is 0.770. The Morgan fingerprint density at radius 3 is 2.92 bits per heavy atom. The van der Waals surface area contributed by atoms with Gasteiger partial charge in [-0.3, -0.25) is 0 Å². The minimum atomic E-state index is 0.222. The van der Waals surface area contributed by atoms with Crippen LogP contribution in [-0.2, 0) is 0 Å². The van der Waals surface area contributed by atoms with Gasteiger partial charge >= 0.3 is 0 Å². The van der Waals surface area contributed by atoms with Crippen molar-refractivity contribution in [1.29, 1.82) is 0 Å². The van der Waals surface area contributed by atoms with Crippen LogP contribution in [-0.4, -0.2) is 19.2 Å². The fourth-order valence-corrected chi connectivity index (χ4v) is 1.56. The second-order valence-electron chi connectivity index (χ2n) is 3.09. The molecule has 1 radical (unpaired) electrons. The first kappa shape index (κ1) is 8.85. The topological polar surface area (TPSA) is 23.3 Å². The molecular weight excluding hydrogens is 186 g/mol. The van der Waals surface area contributed by atoms with Gasteiger partial charge in [0.15, 0.2) is 0 Å². The molecule has 2 nitrogen and oxygen atoms in total. The summed E-state index contributed by atoms with van der Waals surface area (Å²) in [5, 5.41) is 4.90. The third-order valence-corrected chi connectivity index (χ3v) is 2.38. The first-order chi connectivity index (χ1) is 6.36. The zero-order valence-corrected chi connectivity index (χ0v) is 8.00. The van der Waals surface area contributed by atoms with Gasteiger partial charge in [0.25, 0.3) is 0 Å². The van der Waals surface area contributed by atoms with Crippen LogP contribution in [0.4, 0.5) is 0 Å². The molecular formula is C10H11ClNO. The van der Waals surface area contributed by atoms with E-state index in [4.69, 9.17) is 16.3 Å². The second-order valence-corrected chi connectivity index (χ2v) is 3.50. The molecule has 69 valence electrons. The molecule has 0 N–H and O–H groups in total. The maximum absolute atomic E-state index is 5.95. The van der Waals surface area contributed by atoms with Gasteiger partial charge in [-0.1, -0.05) is 23.7 Å². The standard InChI is InChI=1S/C10H11ClNO/c11-9-3-1-2-4-10(9)13-8-5-6-12-7-8/h1-4,8H,5-7H2. The minimum absolute atomic E-state index is 0.222. The lowest BCUT2D eigenvalue weighted by Crippen LogP contribution is -2.17. The SMILES string of the molecule is Clc1ccccc1OC1CC[N]C1. The zero-order chi connectivity index (χ0) is 9.10. The molecule has 1 fully saturated rings. The second kappa shape index (κ2) is 3.99. The molecule has 0 spiro atoms. The van der Waals surface area contributed by atoms with E-state index < -0.39 is 0 Å². The quantitative estimate of drug-likeness (QED) is 0.711. The minimum Gasteiger partial charge on any atom is -0.487 e. The molecule has 1 aliphatic rings. The third-order valence-electron chi connectivity index (χ3n) is 2.07. The summed E-state index contributed by atoms with van der Waals surface area (Å²) in [6.07, 6.45) is 1.23. The smallest absolute Gasteiger partial charge is 0.138 e. The van der Waals surface area contributed by atoms with Gasteiger partial charge in [0, 0.05) is 6.54 Å². The summed E-state index contributed by atoms with van der Waals surface area (Å²) in [5.41, 5.74) is 0. The van der Waals surface area contributed by atoms with Gasteiger partial charge in [-0.05, 0) is 18.6 Å². The molecule has 1 heterocycles. The van der Waals surface area contributed by atoms with Crippen LogP contribution in [0.15, 0.2) is 24.3 Å². The van der Waals surface area contributed by atoms with Gasteiger partial charge in [0.2, 0.25) is 0 Å². The molecule has 1 unspecified atom stereocenters. The van der Waals surface area contributed by atoms with E-state index in [0.29, 0.717) is 5.02 Å². The molecule has 0 aliphatic carbocycles. The number of para-hydroxylation sites is 1. The Bertz CT molecular complexity index is 284. The summed E-state index contributed by atoms with van der Waals surface area (Å²) in [7, 11) is 0. The van der Waals surface area contributed by atoms with E-state index in [1.165, 1.54) is 0 Å². The van der Waals surface area contributed by atoms with Gasteiger partial charge in [-0.2, -0.15) is 0 Å². The van der Waals surface area contributed by atoms with Crippen molar-refractivity contribution >= 4 is 11.6 Å². The molecule has 1 atom stereocenters. The highest BCUT2D eigenvalue weighted by Gasteiger charge is 2.17. The largest absolute Gasteiger partial charge is 0.487 e. The normalized spacial score (nSPS) is 21.8. The Morgan fingerprint density at radius 1 is 1.38 bits per heavy atom. The number of rotatable bonds is 2. The zero-order valence-electron chi connectivity index (χ0n) is 7.24. The Kier molecular flexibility index (Phi) is 2.71. The molecule has 13 heavy (non-hydrogen) atoms. The van der Waals surface area contributed by atoms with E-state index in [1.54, 1.807) is 0 Å². The van der Waals surface area contributed by atoms with Crippen molar-refractivity contribution in [3.63, 3.8) is 0 Å². The summed E-state index contributed by atoms with van der Waals surface area (Å²) < 4.78 is 5.68. The molecule has 3 heteroatoms. The van der Waals surface area contributed by atoms with E-state index in [9.17, 15) is 0 Å². The molecule has 0 aromatic heterocycles. The van der Waals surface area contributed by atoms with Gasteiger partial charge in [0.1, 0.15) is 11.9 Å². The summed E-state index contributed by atoms with van der Waals surface area (Å²) in [6.45, 7) is 1.71. The van der Waals surface area contributed by atoms with Crippen molar-refractivity contribution in [2.75, 3.05) is 13.1 Å². The molecule has 0 saturated carbocycles. The number of halogens is 1. The average molecular weight is 197 g/mol. The van der Waals surface area contributed by atoms with Gasteiger partial charge in [-0.15, -0.1) is 0 Å². The number of ether oxygens (including phenoxy) is 1. The fourth-order valence-electron chi connectivity index (χ4n) is 1.38. The molecule has 0 amide bonds. The van der Waals surface area contributed by atoms with E-state index in [1.807, 2.05) is 24.3 Å². The average Bonchev–Trinajstić information content (AvgIpc) is 2.61. The monoisotopic (exact) mass is 196 g/mol. The summed E-state index contributed by atoms with van der Waals surface area (Å²) in [4.78, 5) is 0. The molecule has 1 aromatic carbocycles. The number of nitrogens with zero attached hydrogens (tertiary/aromatic N) is 1. The maximum Gasteiger partial charge on any atom is 0.138 e. The number of benzene rings is 1. The van der Waals surface area contributed by atoms with Crippen LogP contribution in [0, 0.1) is 0 Å². The van der Waals surface area contributed by atoms with Gasteiger partial charge in [-0.25, -0.2) is 5.32 Å². The molecule has 0 bridgehead atoms. The Morgan fingerprint density at radius 2 is 2.23 bits per heavy atom.